The molecule has 2 fully saturated rings. The molecule has 1 saturated carbocycles. The Kier molecular flexibility index (Phi) is 5.08. The molecule has 1 aliphatic carbocycles. The Morgan fingerprint density at radius 3 is 2.40 bits per heavy atom. The minimum atomic E-state index is 0.127. The summed E-state index contributed by atoms with van der Waals surface area (Å²) in [5.74, 6) is 0.913. The first-order valence-electron chi connectivity index (χ1n) is 8.08. The molecule has 0 aromatic heterocycles. The predicted molar refractivity (Wildman–Crippen MR) is 82.6 cm³/mol. The summed E-state index contributed by atoms with van der Waals surface area (Å²) < 4.78 is 0. The Morgan fingerprint density at radius 1 is 1.25 bits per heavy atom. The van der Waals surface area contributed by atoms with Crippen molar-refractivity contribution in [3.63, 3.8) is 0 Å². The van der Waals surface area contributed by atoms with Gasteiger partial charge in [-0.25, -0.2) is 0 Å². The molecule has 2 aliphatic rings. The number of likely N-dealkylation sites (N-methyl/N-ethyl adjacent to an activating group) is 1. The minimum Gasteiger partial charge on any atom is -0.358 e. The zero-order valence-corrected chi connectivity index (χ0v) is 13.5. The highest BCUT2D eigenvalue weighted by Gasteiger charge is 2.37. The van der Waals surface area contributed by atoms with Crippen LogP contribution in [0.3, 0.4) is 0 Å². The molecule has 0 spiro atoms. The Hall–Kier alpha value is -0.610. The lowest BCUT2D eigenvalue weighted by Gasteiger charge is -2.34. The number of amides is 1. The standard InChI is InChI=1S/C16H31N3O/c1-12-9-16(2,3)10-14(12)18-13-5-7-19(8-6-13)11-15(20)17-4/h12-14,18H,5-11H2,1-4H3,(H,17,20)/t12-,14+/m1/s1. The summed E-state index contributed by atoms with van der Waals surface area (Å²) in [7, 11) is 1.71. The second-order valence-electron chi connectivity index (χ2n) is 7.55. The van der Waals surface area contributed by atoms with E-state index in [1.807, 2.05) is 0 Å². The van der Waals surface area contributed by atoms with Crippen LogP contribution in [0.4, 0.5) is 0 Å². The van der Waals surface area contributed by atoms with E-state index in [1.54, 1.807) is 7.05 Å². The van der Waals surface area contributed by atoms with Crippen molar-refractivity contribution >= 4 is 5.91 Å². The highest BCUT2D eigenvalue weighted by atomic mass is 16.1. The van der Waals surface area contributed by atoms with Gasteiger partial charge in [0.1, 0.15) is 0 Å². The summed E-state index contributed by atoms with van der Waals surface area (Å²) in [5.41, 5.74) is 0.497. The van der Waals surface area contributed by atoms with E-state index in [1.165, 1.54) is 25.7 Å². The molecule has 0 aromatic rings. The van der Waals surface area contributed by atoms with Gasteiger partial charge in [0, 0.05) is 32.2 Å². The van der Waals surface area contributed by atoms with Gasteiger partial charge in [0.05, 0.1) is 6.54 Å². The van der Waals surface area contributed by atoms with Crippen molar-refractivity contribution in [2.45, 2.75) is 58.5 Å². The van der Waals surface area contributed by atoms with Crippen LogP contribution in [0.15, 0.2) is 0 Å². The van der Waals surface area contributed by atoms with Crippen LogP contribution < -0.4 is 10.6 Å². The largest absolute Gasteiger partial charge is 0.358 e. The maximum Gasteiger partial charge on any atom is 0.233 e. The van der Waals surface area contributed by atoms with Crippen LogP contribution in [-0.2, 0) is 4.79 Å². The van der Waals surface area contributed by atoms with Crippen LogP contribution in [0.25, 0.3) is 0 Å². The highest BCUT2D eigenvalue weighted by molar-refractivity contribution is 5.77. The Morgan fingerprint density at radius 2 is 1.90 bits per heavy atom. The molecule has 4 nitrogen and oxygen atoms in total. The number of carbonyl (C=O) groups excluding carboxylic acids is 1. The number of rotatable bonds is 4. The lowest BCUT2D eigenvalue weighted by atomic mass is 9.91. The smallest absolute Gasteiger partial charge is 0.233 e. The molecule has 1 amide bonds. The number of nitrogens with one attached hydrogen (secondary N) is 2. The van der Waals surface area contributed by atoms with Crippen molar-refractivity contribution < 1.29 is 4.79 Å². The van der Waals surface area contributed by atoms with Crippen LogP contribution in [0.5, 0.6) is 0 Å². The van der Waals surface area contributed by atoms with Crippen molar-refractivity contribution in [2.24, 2.45) is 11.3 Å². The van der Waals surface area contributed by atoms with Gasteiger partial charge in [0.15, 0.2) is 0 Å². The zero-order chi connectivity index (χ0) is 14.8. The number of nitrogens with zero attached hydrogens (tertiary/aromatic N) is 1. The average Bonchev–Trinajstić information content (AvgIpc) is 2.64. The summed E-state index contributed by atoms with van der Waals surface area (Å²) in [6, 6.07) is 1.32. The number of likely N-dealkylation sites (tertiary alicyclic amines) is 1. The van der Waals surface area contributed by atoms with E-state index in [4.69, 9.17) is 0 Å². The molecule has 2 rings (SSSR count). The van der Waals surface area contributed by atoms with E-state index in [9.17, 15) is 4.79 Å². The van der Waals surface area contributed by atoms with E-state index in [-0.39, 0.29) is 5.91 Å². The fourth-order valence-electron chi connectivity index (χ4n) is 3.96. The third-order valence-electron chi connectivity index (χ3n) is 5.02. The van der Waals surface area contributed by atoms with Gasteiger partial charge in [-0.2, -0.15) is 0 Å². The van der Waals surface area contributed by atoms with Crippen LogP contribution in [0.1, 0.15) is 46.5 Å². The lowest BCUT2D eigenvalue weighted by Crippen LogP contribution is -2.48. The molecule has 1 saturated heterocycles. The molecule has 116 valence electrons. The number of piperidine rings is 1. The fourth-order valence-corrected chi connectivity index (χ4v) is 3.96. The van der Waals surface area contributed by atoms with Gasteiger partial charge in [-0.15, -0.1) is 0 Å². The molecule has 4 heteroatoms. The molecule has 1 heterocycles. The predicted octanol–water partition coefficient (Wildman–Crippen LogP) is 1.61. The van der Waals surface area contributed by atoms with E-state index < -0.39 is 0 Å². The van der Waals surface area contributed by atoms with Crippen LogP contribution in [0.2, 0.25) is 0 Å². The Bertz CT molecular complexity index is 335. The molecular weight excluding hydrogens is 250 g/mol. The van der Waals surface area contributed by atoms with Gasteiger partial charge in [0.25, 0.3) is 0 Å². The van der Waals surface area contributed by atoms with Gasteiger partial charge in [0.2, 0.25) is 5.91 Å². The summed E-state index contributed by atoms with van der Waals surface area (Å²) in [6.07, 6.45) is 4.97. The maximum absolute atomic E-state index is 11.4. The molecule has 0 radical (unpaired) electrons. The second kappa shape index (κ2) is 6.44. The van der Waals surface area contributed by atoms with Gasteiger partial charge >= 0.3 is 0 Å². The number of hydrogen-bond acceptors (Lipinski definition) is 3. The number of carbonyl (C=O) groups is 1. The van der Waals surface area contributed by atoms with Gasteiger partial charge < -0.3 is 10.6 Å². The van der Waals surface area contributed by atoms with E-state index in [0.29, 0.717) is 24.0 Å². The van der Waals surface area contributed by atoms with E-state index in [0.717, 1.165) is 19.0 Å². The Balaban J connectivity index is 1.73. The number of hydrogen-bond donors (Lipinski definition) is 2. The summed E-state index contributed by atoms with van der Waals surface area (Å²) in [4.78, 5) is 13.6. The van der Waals surface area contributed by atoms with Crippen molar-refractivity contribution in [1.29, 1.82) is 0 Å². The summed E-state index contributed by atoms with van der Waals surface area (Å²) in [5, 5.41) is 6.58. The monoisotopic (exact) mass is 281 g/mol. The second-order valence-corrected chi connectivity index (χ2v) is 7.55. The van der Waals surface area contributed by atoms with Gasteiger partial charge in [-0.05, 0) is 37.0 Å². The first kappa shape index (κ1) is 15.8. The normalized spacial score (nSPS) is 31.4. The lowest BCUT2D eigenvalue weighted by molar-refractivity contribution is -0.122. The molecule has 0 unspecified atom stereocenters. The minimum absolute atomic E-state index is 0.127. The topological polar surface area (TPSA) is 44.4 Å². The fraction of sp³-hybridized carbons (Fsp3) is 0.938. The van der Waals surface area contributed by atoms with Gasteiger partial charge in [-0.3, -0.25) is 9.69 Å². The van der Waals surface area contributed by atoms with Crippen molar-refractivity contribution in [3.8, 4) is 0 Å². The van der Waals surface area contributed by atoms with Crippen LogP contribution in [-0.4, -0.2) is 49.6 Å². The van der Waals surface area contributed by atoms with Crippen LogP contribution >= 0.6 is 0 Å². The van der Waals surface area contributed by atoms with E-state index >= 15 is 0 Å². The molecule has 2 N–H and O–H groups in total. The summed E-state index contributed by atoms with van der Waals surface area (Å²) in [6.45, 7) is 9.78. The summed E-state index contributed by atoms with van der Waals surface area (Å²) >= 11 is 0. The van der Waals surface area contributed by atoms with E-state index in [2.05, 4.69) is 36.3 Å². The van der Waals surface area contributed by atoms with Crippen molar-refractivity contribution in [3.05, 3.63) is 0 Å². The first-order chi connectivity index (χ1) is 9.39. The third-order valence-corrected chi connectivity index (χ3v) is 5.02. The molecule has 20 heavy (non-hydrogen) atoms. The van der Waals surface area contributed by atoms with Crippen molar-refractivity contribution in [1.82, 2.24) is 15.5 Å². The zero-order valence-electron chi connectivity index (χ0n) is 13.5. The van der Waals surface area contributed by atoms with Gasteiger partial charge in [-0.1, -0.05) is 20.8 Å². The molecule has 0 aromatic carbocycles. The highest BCUT2D eigenvalue weighted by Crippen LogP contribution is 2.41. The average molecular weight is 281 g/mol. The SMILES string of the molecule is CNC(=O)CN1CCC(N[C@H]2CC(C)(C)C[C@H]2C)CC1. The Labute approximate surface area is 123 Å². The third kappa shape index (κ3) is 4.19. The molecular formula is C16H31N3O. The van der Waals surface area contributed by atoms with Crippen LogP contribution in [0, 0.1) is 11.3 Å². The molecule has 0 bridgehead atoms. The van der Waals surface area contributed by atoms with Crippen molar-refractivity contribution in [2.75, 3.05) is 26.7 Å². The maximum atomic E-state index is 11.4. The molecule has 1 aliphatic heterocycles. The molecule has 2 atom stereocenters. The quantitative estimate of drug-likeness (QED) is 0.823. The first-order valence-corrected chi connectivity index (χ1v) is 8.08.